The topological polar surface area (TPSA) is 78.9 Å². The third-order valence-corrected chi connectivity index (χ3v) is 2.95. The van der Waals surface area contributed by atoms with E-state index in [4.69, 9.17) is 11.6 Å². The number of alkyl halides is 1. The summed E-state index contributed by atoms with van der Waals surface area (Å²) in [5, 5.41) is 12.9. The van der Waals surface area contributed by atoms with Crippen LogP contribution in [-0.2, 0) is 14.4 Å². The van der Waals surface area contributed by atoms with Crippen LogP contribution < -0.4 is 5.32 Å². The van der Waals surface area contributed by atoms with Gasteiger partial charge in [-0.25, -0.2) is 4.79 Å². The van der Waals surface area contributed by atoms with E-state index < -0.39 is 29.0 Å². The molecule has 1 amide bonds. The van der Waals surface area contributed by atoms with Crippen molar-refractivity contribution in [1.82, 2.24) is 10.4 Å². The van der Waals surface area contributed by atoms with Gasteiger partial charge >= 0.3 is 5.97 Å². The normalized spacial score (nSPS) is 33.7. The molecule has 7 heteroatoms. The van der Waals surface area contributed by atoms with Gasteiger partial charge in [-0.15, -0.1) is 5.06 Å². The summed E-state index contributed by atoms with van der Waals surface area (Å²) in [6, 6.07) is 0. The third-order valence-electron chi connectivity index (χ3n) is 2.48. The minimum atomic E-state index is -1.25. The fourth-order valence-electron chi connectivity index (χ4n) is 1.36. The van der Waals surface area contributed by atoms with Gasteiger partial charge in [0.1, 0.15) is 5.00 Å². The average molecular weight is 235 g/mol. The van der Waals surface area contributed by atoms with E-state index in [1.165, 1.54) is 7.05 Å². The van der Waals surface area contributed by atoms with E-state index in [2.05, 4.69) is 10.2 Å². The zero-order valence-electron chi connectivity index (χ0n) is 8.07. The van der Waals surface area contributed by atoms with Gasteiger partial charge in [-0.3, -0.25) is 4.79 Å². The van der Waals surface area contributed by atoms with Gasteiger partial charge in [0.2, 0.25) is 5.91 Å². The molecule has 1 saturated carbocycles. The summed E-state index contributed by atoms with van der Waals surface area (Å²) in [6.45, 7) is 0. The molecule has 2 rings (SSSR count). The molecule has 2 atom stereocenters. The molecule has 1 aliphatic carbocycles. The number of hydrogen-bond acceptors (Lipinski definition) is 5. The minimum Gasteiger partial charge on any atom is -0.374 e. The van der Waals surface area contributed by atoms with E-state index in [-0.39, 0.29) is 0 Å². The number of nitrogens with one attached hydrogen (secondary N) is 1. The largest absolute Gasteiger partial charge is 0.374 e. The maximum atomic E-state index is 11.6. The molecule has 0 aromatic rings. The van der Waals surface area contributed by atoms with Gasteiger partial charge in [-0.05, 0) is 12.8 Å². The molecule has 2 unspecified atom stereocenters. The van der Waals surface area contributed by atoms with Gasteiger partial charge in [-0.2, -0.15) is 0 Å². The summed E-state index contributed by atoms with van der Waals surface area (Å²) in [4.78, 5) is 26.7. The van der Waals surface area contributed by atoms with E-state index in [9.17, 15) is 14.7 Å². The number of carbonyl (C=O) groups excluding carboxylic acids is 2. The lowest BCUT2D eigenvalue weighted by molar-refractivity contribution is -0.183. The summed E-state index contributed by atoms with van der Waals surface area (Å²) < 4.78 is 0. The zero-order valence-corrected chi connectivity index (χ0v) is 8.82. The number of amides is 1. The monoisotopic (exact) mass is 234 g/mol. The first-order valence-electron chi connectivity index (χ1n) is 4.57. The van der Waals surface area contributed by atoms with Crippen molar-refractivity contribution >= 4 is 23.5 Å². The van der Waals surface area contributed by atoms with Crippen molar-refractivity contribution in [3.8, 4) is 0 Å². The average Bonchev–Trinajstić information content (AvgIpc) is 2.76. The van der Waals surface area contributed by atoms with Gasteiger partial charge in [0, 0.05) is 7.05 Å². The van der Waals surface area contributed by atoms with Crippen LogP contribution in [0.15, 0.2) is 0 Å². The Bertz CT molecular complexity index is 318. The van der Waals surface area contributed by atoms with Gasteiger partial charge in [-0.1, -0.05) is 11.6 Å². The molecule has 2 N–H and O–H groups in total. The van der Waals surface area contributed by atoms with Crippen LogP contribution >= 0.6 is 11.6 Å². The number of hydrogen-bond donors (Lipinski definition) is 2. The van der Waals surface area contributed by atoms with Crippen molar-refractivity contribution in [2.45, 2.75) is 24.1 Å². The summed E-state index contributed by atoms with van der Waals surface area (Å²) in [7, 11) is 1.38. The Morgan fingerprint density at radius 3 is 2.73 bits per heavy atom. The Kier molecular flexibility index (Phi) is 2.37. The Hall–Kier alpha value is -0.850. The van der Waals surface area contributed by atoms with Gasteiger partial charge in [0.15, 0.2) is 12.1 Å². The van der Waals surface area contributed by atoms with E-state index in [0.29, 0.717) is 12.8 Å². The standard InChI is InChI=1S/C8H11ClN2O4/c1-11-6(13)4(7(14)15-11)5(12)10-8(9)2-3-8/h4,6,13H,2-3H2,1H3,(H,10,12). The molecule has 15 heavy (non-hydrogen) atoms. The molecule has 0 aromatic heterocycles. The molecule has 1 saturated heterocycles. The summed E-state index contributed by atoms with van der Waals surface area (Å²) in [6.07, 6.45) is 0.0960. The van der Waals surface area contributed by atoms with E-state index in [1.807, 2.05) is 0 Å². The SMILES string of the molecule is CN1OC(=O)C(C(=O)NC2(Cl)CC2)C1O. The highest BCUT2D eigenvalue weighted by Crippen LogP contribution is 2.39. The number of nitrogens with zero attached hydrogens (tertiary/aromatic N) is 1. The highest BCUT2D eigenvalue weighted by Gasteiger charge is 2.50. The first-order valence-corrected chi connectivity index (χ1v) is 4.94. The molecule has 1 heterocycles. The number of aliphatic hydroxyl groups excluding tert-OH is 1. The Balaban J connectivity index is 2.03. The highest BCUT2D eigenvalue weighted by atomic mass is 35.5. The molecule has 0 aromatic carbocycles. The molecule has 84 valence electrons. The second-order valence-corrected chi connectivity index (χ2v) is 4.53. The number of rotatable bonds is 2. The Morgan fingerprint density at radius 1 is 1.73 bits per heavy atom. The van der Waals surface area contributed by atoms with Crippen LogP contribution in [0.1, 0.15) is 12.8 Å². The van der Waals surface area contributed by atoms with Crippen LogP contribution in [0.4, 0.5) is 0 Å². The van der Waals surface area contributed by atoms with Gasteiger partial charge in [0.25, 0.3) is 0 Å². The van der Waals surface area contributed by atoms with E-state index in [1.54, 1.807) is 0 Å². The van der Waals surface area contributed by atoms with Crippen molar-refractivity contribution in [3.05, 3.63) is 0 Å². The lowest BCUT2D eigenvalue weighted by Crippen LogP contribution is -2.44. The molecule has 0 radical (unpaired) electrons. The first-order chi connectivity index (χ1) is 6.93. The maximum Gasteiger partial charge on any atom is 0.341 e. The molecule has 1 aliphatic heterocycles. The molecule has 0 bridgehead atoms. The molecule has 2 aliphatic rings. The van der Waals surface area contributed by atoms with Crippen LogP contribution in [0, 0.1) is 5.92 Å². The molecule has 0 spiro atoms. The first kappa shape index (κ1) is 10.7. The van der Waals surface area contributed by atoms with E-state index >= 15 is 0 Å². The Labute approximate surface area is 91.1 Å². The van der Waals surface area contributed by atoms with Crippen molar-refractivity contribution in [1.29, 1.82) is 0 Å². The predicted octanol–water partition coefficient (Wildman–Crippen LogP) is -0.830. The molecule has 2 fully saturated rings. The third kappa shape index (κ3) is 1.92. The Morgan fingerprint density at radius 2 is 2.33 bits per heavy atom. The predicted molar refractivity (Wildman–Crippen MR) is 49.3 cm³/mol. The van der Waals surface area contributed by atoms with E-state index in [0.717, 1.165) is 5.06 Å². The fourth-order valence-corrected chi connectivity index (χ4v) is 1.55. The quantitative estimate of drug-likeness (QED) is 0.370. The van der Waals surface area contributed by atoms with Crippen LogP contribution in [0.5, 0.6) is 0 Å². The lowest BCUT2D eigenvalue weighted by atomic mass is 10.1. The molecular weight excluding hydrogens is 224 g/mol. The van der Waals surface area contributed by atoms with Crippen molar-refractivity contribution < 1.29 is 19.5 Å². The summed E-state index contributed by atoms with van der Waals surface area (Å²) in [5.74, 6) is -2.57. The minimum absolute atomic E-state index is 0.593. The smallest absolute Gasteiger partial charge is 0.341 e. The lowest BCUT2D eigenvalue weighted by Gasteiger charge is -2.15. The van der Waals surface area contributed by atoms with Crippen molar-refractivity contribution in [3.63, 3.8) is 0 Å². The van der Waals surface area contributed by atoms with Crippen molar-refractivity contribution in [2.75, 3.05) is 7.05 Å². The molecule has 6 nitrogen and oxygen atoms in total. The number of carbonyl (C=O) groups is 2. The second kappa shape index (κ2) is 3.33. The maximum absolute atomic E-state index is 11.6. The number of aliphatic hydroxyl groups is 1. The summed E-state index contributed by atoms with van der Waals surface area (Å²) >= 11 is 5.87. The second-order valence-electron chi connectivity index (χ2n) is 3.80. The van der Waals surface area contributed by atoms with Crippen molar-refractivity contribution in [2.24, 2.45) is 5.92 Å². The molecular formula is C8H11ClN2O4. The number of hydroxylamine groups is 2. The zero-order chi connectivity index (χ0) is 11.2. The fraction of sp³-hybridized carbons (Fsp3) is 0.750. The van der Waals surface area contributed by atoms with Gasteiger partial charge < -0.3 is 15.3 Å². The summed E-state index contributed by atoms with van der Waals surface area (Å²) in [5.41, 5.74) is 0. The van der Waals surface area contributed by atoms with Crippen LogP contribution in [0.3, 0.4) is 0 Å². The number of halogens is 1. The van der Waals surface area contributed by atoms with Crippen LogP contribution in [0.25, 0.3) is 0 Å². The highest BCUT2D eigenvalue weighted by molar-refractivity contribution is 6.26. The van der Waals surface area contributed by atoms with Crippen LogP contribution in [0.2, 0.25) is 0 Å². The van der Waals surface area contributed by atoms with Gasteiger partial charge in [0.05, 0.1) is 0 Å². The van der Waals surface area contributed by atoms with Crippen LogP contribution in [-0.4, -0.2) is 40.3 Å².